The molecule has 2 aliphatic rings. The molecule has 0 N–H and O–H groups in total. The highest BCUT2D eigenvalue weighted by Crippen LogP contribution is 2.58. The molecule has 0 aromatic rings. The van der Waals surface area contributed by atoms with E-state index in [1.165, 1.54) is 6.42 Å². The Kier molecular flexibility index (Phi) is 3.17. The van der Waals surface area contributed by atoms with Gasteiger partial charge in [-0.15, -0.1) is 0 Å². The van der Waals surface area contributed by atoms with Gasteiger partial charge in [0, 0.05) is 11.3 Å². The lowest BCUT2D eigenvalue weighted by molar-refractivity contribution is -0.128. The fourth-order valence-corrected chi connectivity index (χ4v) is 3.98. The molecule has 0 bridgehead atoms. The summed E-state index contributed by atoms with van der Waals surface area (Å²) in [5.41, 5.74) is 0.172. The van der Waals surface area contributed by atoms with Crippen LogP contribution in [0.1, 0.15) is 52.9 Å². The van der Waals surface area contributed by atoms with Crippen LogP contribution in [0.25, 0.3) is 0 Å². The summed E-state index contributed by atoms with van der Waals surface area (Å²) < 4.78 is 0. The second kappa shape index (κ2) is 4.22. The van der Waals surface area contributed by atoms with Gasteiger partial charge in [0.15, 0.2) is 0 Å². The number of fused-ring (bicyclic) bond motifs is 1. The van der Waals surface area contributed by atoms with E-state index in [-0.39, 0.29) is 11.3 Å². The minimum absolute atomic E-state index is 0.188. The van der Waals surface area contributed by atoms with Crippen LogP contribution in [0.3, 0.4) is 0 Å². The number of carbonyl (C=O) groups is 2. The first-order valence-corrected chi connectivity index (χ1v) is 6.83. The van der Waals surface area contributed by atoms with Crippen molar-refractivity contribution in [2.75, 3.05) is 0 Å². The van der Waals surface area contributed by atoms with E-state index >= 15 is 0 Å². The Labute approximate surface area is 104 Å². The molecule has 96 valence electrons. The zero-order chi connectivity index (χ0) is 12.7. The fourth-order valence-electron chi connectivity index (χ4n) is 3.98. The molecule has 2 unspecified atom stereocenters. The summed E-state index contributed by atoms with van der Waals surface area (Å²) in [7, 11) is 0. The van der Waals surface area contributed by atoms with E-state index in [1.54, 1.807) is 0 Å². The number of rotatable bonds is 2. The molecule has 4 atom stereocenters. The van der Waals surface area contributed by atoms with Crippen LogP contribution in [0.5, 0.6) is 0 Å². The van der Waals surface area contributed by atoms with Crippen molar-refractivity contribution in [1.29, 1.82) is 0 Å². The molecule has 0 aromatic heterocycles. The quantitative estimate of drug-likeness (QED) is 0.690. The summed E-state index contributed by atoms with van der Waals surface area (Å²) in [6, 6.07) is 0. The summed E-state index contributed by atoms with van der Waals surface area (Å²) in [6.45, 7) is 6.65. The summed E-state index contributed by atoms with van der Waals surface area (Å²) in [4.78, 5) is 22.5. The van der Waals surface area contributed by atoms with Gasteiger partial charge >= 0.3 is 0 Å². The number of hydrogen-bond acceptors (Lipinski definition) is 2. The Bertz CT molecular complexity index is 321. The van der Waals surface area contributed by atoms with Crippen LogP contribution in [0.4, 0.5) is 0 Å². The normalized spacial score (nSPS) is 44.8. The van der Waals surface area contributed by atoms with Gasteiger partial charge in [-0.3, -0.25) is 0 Å². The molecule has 0 amide bonds. The lowest BCUT2D eigenvalue weighted by atomic mass is 9.49. The van der Waals surface area contributed by atoms with Gasteiger partial charge < -0.3 is 9.59 Å². The molecule has 2 aliphatic carbocycles. The van der Waals surface area contributed by atoms with Crippen LogP contribution in [-0.2, 0) is 9.59 Å². The third-order valence-electron chi connectivity index (χ3n) is 5.37. The highest BCUT2D eigenvalue weighted by Gasteiger charge is 2.51. The van der Waals surface area contributed by atoms with Crippen LogP contribution in [0, 0.1) is 28.6 Å². The molecular weight excluding hydrogens is 212 g/mol. The van der Waals surface area contributed by atoms with E-state index in [4.69, 9.17) is 0 Å². The molecule has 2 fully saturated rings. The van der Waals surface area contributed by atoms with E-state index in [1.807, 2.05) is 6.92 Å². The van der Waals surface area contributed by atoms with Gasteiger partial charge in [-0.1, -0.05) is 20.8 Å². The Morgan fingerprint density at radius 1 is 1.06 bits per heavy atom. The average Bonchev–Trinajstić information content (AvgIpc) is 2.26. The van der Waals surface area contributed by atoms with Gasteiger partial charge in [0.05, 0.1) is 0 Å². The largest absolute Gasteiger partial charge is 0.303 e. The van der Waals surface area contributed by atoms with Gasteiger partial charge in [-0.05, 0) is 49.4 Å². The van der Waals surface area contributed by atoms with Crippen molar-refractivity contribution in [3.63, 3.8) is 0 Å². The monoisotopic (exact) mass is 236 g/mol. The van der Waals surface area contributed by atoms with Crippen molar-refractivity contribution in [1.82, 2.24) is 0 Å². The van der Waals surface area contributed by atoms with E-state index in [0.29, 0.717) is 17.3 Å². The second-order valence-electron chi connectivity index (χ2n) is 7.11. The summed E-state index contributed by atoms with van der Waals surface area (Å²) >= 11 is 0. The minimum Gasteiger partial charge on any atom is -0.303 e. The predicted octanol–water partition coefficient (Wildman–Crippen LogP) is 3.24. The summed E-state index contributed by atoms with van der Waals surface area (Å²) in [5.74, 6) is 1.41. The Morgan fingerprint density at radius 3 is 2.24 bits per heavy atom. The topological polar surface area (TPSA) is 34.1 Å². The van der Waals surface area contributed by atoms with Gasteiger partial charge in [0.25, 0.3) is 0 Å². The summed E-state index contributed by atoms with van der Waals surface area (Å²) in [5, 5.41) is 0. The SMILES string of the molecule is CC1(C=O)CCC(C=O)[C@H]2CC(C)(C)[C@@H]2CC1. The van der Waals surface area contributed by atoms with Crippen molar-refractivity contribution in [2.45, 2.75) is 52.9 Å². The maximum Gasteiger partial charge on any atom is 0.125 e. The number of hydrogen-bond donors (Lipinski definition) is 0. The highest BCUT2D eigenvalue weighted by atomic mass is 16.1. The van der Waals surface area contributed by atoms with E-state index in [2.05, 4.69) is 13.8 Å². The maximum atomic E-state index is 11.2. The van der Waals surface area contributed by atoms with Gasteiger partial charge in [-0.2, -0.15) is 0 Å². The molecule has 2 saturated carbocycles. The van der Waals surface area contributed by atoms with Crippen molar-refractivity contribution >= 4 is 12.6 Å². The van der Waals surface area contributed by atoms with Crippen molar-refractivity contribution < 1.29 is 9.59 Å². The zero-order valence-electron chi connectivity index (χ0n) is 11.2. The first kappa shape index (κ1) is 12.8. The average molecular weight is 236 g/mol. The van der Waals surface area contributed by atoms with Gasteiger partial charge in [0.2, 0.25) is 0 Å². The second-order valence-corrected chi connectivity index (χ2v) is 7.11. The third-order valence-corrected chi connectivity index (χ3v) is 5.37. The lowest BCUT2D eigenvalue weighted by Gasteiger charge is -2.55. The first-order valence-electron chi connectivity index (χ1n) is 6.83. The number of aldehydes is 2. The highest BCUT2D eigenvalue weighted by molar-refractivity contribution is 5.59. The molecule has 0 radical (unpaired) electrons. The van der Waals surface area contributed by atoms with Crippen LogP contribution in [-0.4, -0.2) is 12.6 Å². The van der Waals surface area contributed by atoms with E-state index in [9.17, 15) is 9.59 Å². The molecule has 0 aliphatic heterocycles. The van der Waals surface area contributed by atoms with Gasteiger partial charge in [0.1, 0.15) is 12.6 Å². The molecule has 0 heterocycles. The molecule has 0 aromatic carbocycles. The van der Waals surface area contributed by atoms with Crippen LogP contribution >= 0.6 is 0 Å². The van der Waals surface area contributed by atoms with Crippen LogP contribution < -0.4 is 0 Å². The van der Waals surface area contributed by atoms with E-state index in [0.717, 1.165) is 38.3 Å². The molecular formula is C15H24O2. The van der Waals surface area contributed by atoms with E-state index < -0.39 is 0 Å². The van der Waals surface area contributed by atoms with Crippen molar-refractivity contribution in [3.05, 3.63) is 0 Å². The third kappa shape index (κ3) is 2.19. The molecule has 17 heavy (non-hydrogen) atoms. The Balaban J connectivity index is 2.16. The molecule has 0 saturated heterocycles. The minimum atomic E-state index is -0.197. The zero-order valence-corrected chi connectivity index (χ0v) is 11.2. The Hall–Kier alpha value is -0.660. The maximum absolute atomic E-state index is 11.2. The standard InChI is InChI=1S/C15H24O2/c1-14(2)8-12-11(9-16)4-6-15(3,10-17)7-5-13(12)14/h9-13H,4-8H2,1-3H3/t11?,12-,13-,15?/m1/s1. The molecule has 2 heteroatoms. The molecule has 2 rings (SSSR count). The summed E-state index contributed by atoms with van der Waals surface area (Å²) in [6.07, 6.45) is 7.31. The van der Waals surface area contributed by atoms with Crippen LogP contribution in [0.2, 0.25) is 0 Å². The molecule has 2 nitrogen and oxygen atoms in total. The van der Waals surface area contributed by atoms with Crippen LogP contribution in [0.15, 0.2) is 0 Å². The van der Waals surface area contributed by atoms with Crippen molar-refractivity contribution in [3.8, 4) is 0 Å². The first-order chi connectivity index (χ1) is 7.92. The number of carbonyl (C=O) groups excluding carboxylic acids is 2. The Morgan fingerprint density at radius 2 is 1.71 bits per heavy atom. The molecule has 0 spiro atoms. The smallest absolute Gasteiger partial charge is 0.125 e. The predicted molar refractivity (Wildman–Crippen MR) is 67.6 cm³/mol. The van der Waals surface area contributed by atoms with Crippen molar-refractivity contribution in [2.24, 2.45) is 28.6 Å². The van der Waals surface area contributed by atoms with Gasteiger partial charge in [-0.25, -0.2) is 0 Å². The fraction of sp³-hybridized carbons (Fsp3) is 0.867. The lowest BCUT2D eigenvalue weighted by Crippen LogP contribution is -2.49.